The van der Waals surface area contributed by atoms with Crippen LogP contribution in [0.5, 0.6) is 0 Å². The Bertz CT molecular complexity index is 1130. The van der Waals surface area contributed by atoms with E-state index in [1.165, 1.54) is 0 Å². The molecule has 30 heteroatoms. The highest BCUT2D eigenvalue weighted by Crippen LogP contribution is 2.66. The molecule has 0 radical (unpaired) electrons. The summed E-state index contributed by atoms with van der Waals surface area (Å²) in [6.07, 6.45) is -65.6. The molecule has 282 valence electrons. The van der Waals surface area contributed by atoms with Gasteiger partial charge in [0.25, 0.3) is 22.4 Å². The number of hydrogen-bond acceptors (Lipinski definition) is 6. The van der Waals surface area contributed by atoms with E-state index in [9.17, 15) is 126 Å². The van der Waals surface area contributed by atoms with Crippen molar-refractivity contribution in [1.29, 1.82) is 0 Å². The van der Waals surface area contributed by atoms with Gasteiger partial charge < -0.3 is 31.9 Å². The molecule has 0 aliphatic heterocycles. The fourth-order valence-corrected chi connectivity index (χ4v) is 4.07. The second-order valence-corrected chi connectivity index (χ2v) is 9.15. The molecule has 0 unspecified atom stereocenters. The van der Waals surface area contributed by atoms with Crippen molar-refractivity contribution in [2.75, 3.05) is 11.5 Å². The molecule has 0 saturated carbocycles. The number of benzene rings is 1. The highest BCUT2D eigenvalue weighted by atomic mass is 19.4. The van der Waals surface area contributed by atoms with E-state index in [2.05, 4.69) is 11.5 Å². The maximum Gasteiger partial charge on any atom is 0.430 e. The topological polar surface area (TPSA) is 133 Å². The van der Waals surface area contributed by atoms with Crippen LogP contribution in [0.3, 0.4) is 0 Å². The molecule has 1 aromatic carbocycles. The van der Waals surface area contributed by atoms with Gasteiger partial charge in [0.1, 0.15) is 0 Å². The monoisotopic (exact) mass is 772 g/mol. The molecule has 0 aliphatic carbocycles. The minimum Gasteiger partial charge on any atom is -0.398 e. The summed E-state index contributed by atoms with van der Waals surface area (Å²) in [6, 6.07) is 0. The molecule has 0 fully saturated rings. The van der Waals surface area contributed by atoms with Crippen molar-refractivity contribution in [3.05, 3.63) is 22.3 Å². The number of rotatable bonds is 4. The van der Waals surface area contributed by atoms with Gasteiger partial charge in [0.05, 0.1) is 0 Å². The number of alkyl halides is 24. The zero-order valence-corrected chi connectivity index (χ0v) is 21.0. The molecule has 0 heterocycles. The third kappa shape index (κ3) is 5.54. The third-order valence-electron chi connectivity index (χ3n) is 6.31. The Morgan fingerprint density at radius 1 is 0.250 bits per heavy atom. The number of anilines is 2. The van der Waals surface area contributed by atoms with E-state index in [1.54, 1.807) is 0 Å². The molecule has 1 aromatic rings. The lowest BCUT2D eigenvalue weighted by Crippen LogP contribution is -2.63. The van der Waals surface area contributed by atoms with Gasteiger partial charge in [-0.05, 0) is 0 Å². The zero-order valence-electron chi connectivity index (χ0n) is 21.0. The first-order valence-corrected chi connectivity index (χ1v) is 10.5. The lowest BCUT2D eigenvalue weighted by atomic mass is 9.69. The number of aliphatic hydroxyl groups is 4. The summed E-state index contributed by atoms with van der Waals surface area (Å²) < 4.78 is 330. The second kappa shape index (κ2) is 10.7. The van der Waals surface area contributed by atoms with E-state index in [0.717, 1.165) is 0 Å². The summed E-state index contributed by atoms with van der Waals surface area (Å²) in [6.45, 7) is 0. The molecule has 0 bridgehead atoms. The average molecular weight is 772 g/mol. The predicted molar refractivity (Wildman–Crippen MR) is 99.3 cm³/mol. The van der Waals surface area contributed by atoms with Crippen molar-refractivity contribution in [3.63, 3.8) is 0 Å². The first-order chi connectivity index (χ1) is 20.3. The largest absolute Gasteiger partial charge is 0.430 e. The van der Waals surface area contributed by atoms with Crippen LogP contribution in [-0.2, 0) is 22.4 Å². The van der Waals surface area contributed by atoms with Crippen molar-refractivity contribution in [3.8, 4) is 0 Å². The summed E-state index contributed by atoms with van der Waals surface area (Å²) >= 11 is 0. The van der Waals surface area contributed by atoms with Gasteiger partial charge in [0.2, 0.25) is 0 Å². The minimum absolute atomic E-state index is 4.21. The van der Waals surface area contributed by atoms with Crippen LogP contribution in [0.25, 0.3) is 0 Å². The van der Waals surface area contributed by atoms with Gasteiger partial charge in [-0.3, -0.25) is 0 Å². The fraction of sp³-hybridized carbons (Fsp3) is 0.667. The second-order valence-electron chi connectivity index (χ2n) is 9.15. The first kappa shape index (κ1) is 43.0. The number of nitrogens with two attached hydrogens (primary N) is 2. The van der Waals surface area contributed by atoms with Crippen LogP contribution in [0.1, 0.15) is 22.3 Å². The summed E-state index contributed by atoms with van der Waals surface area (Å²) in [5.74, 6) is 0. The van der Waals surface area contributed by atoms with Crippen LogP contribution >= 0.6 is 0 Å². The Balaban J connectivity index is 5.68. The fourth-order valence-electron chi connectivity index (χ4n) is 4.07. The normalized spacial score (nSPS) is 16.1. The van der Waals surface area contributed by atoms with Crippen molar-refractivity contribution >= 4 is 11.4 Å². The summed E-state index contributed by atoms with van der Waals surface area (Å²) in [7, 11) is 0. The molecule has 0 aliphatic rings. The maximum atomic E-state index is 13.7. The van der Waals surface area contributed by atoms with E-state index in [-0.39, 0.29) is 0 Å². The highest BCUT2D eigenvalue weighted by Gasteiger charge is 2.83. The van der Waals surface area contributed by atoms with Crippen molar-refractivity contribution in [2.24, 2.45) is 0 Å². The van der Waals surface area contributed by atoms with E-state index in [0.29, 0.717) is 0 Å². The third-order valence-corrected chi connectivity index (χ3v) is 6.31. The lowest BCUT2D eigenvalue weighted by Gasteiger charge is -2.45. The average Bonchev–Trinajstić information content (AvgIpc) is 2.76. The van der Waals surface area contributed by atoms with Crippen molar-refractivity contribution in [2.45, 2.75) is 71.8 Å². The Morgan fingerprint density at radius 2 is 0.333 bits per heavy atom. The van der Waals surface area contributed by atoms with E-state index >= 15 is 0 Å². The zero-order chi connectivity index (χ0) is 39.5. The van der Waals surface area contributed by atoms with Crippen LogP contribution in [0.15, 0.2) is 0 Å². The number of nitrogen functional groups attached to an aromatic ring is 2. The molecular weight excluding hydrogens is 764 g/mol. The van der Waals surface area contributed by atoms with Gasteiger partial charge in [-0.25, -0.2) is 0 Å². The molecule has 0 spiro atoms. The molecule has 8 N–H and O–H groups in total. The van der Waals surface area contributed by atoms with Crippen LogP contribution in [0, 0.1) is 0 Å². The van der Waals surface area contributed by atoms with E-state index < -0.39 is 105 Å². The molecule has 6 nitrogen and oxygen atoms in total. The highest BCUT2D eigenvalue weighted by molar-refractivity contribution is 5.78. The van der Waals surface area contributed by atoms with Crippen molar-refractivity contribution in [1.82, 2.24) is 0 Å². The Labute approximate surface area is 244 Å². The molecule has 0 amide bonds. The Hall–Kier alpha value is -3.02. The van der Waals surface area contributed by atoms with Crippen LogP contribution in [-0.4, -0.2) is 69.8 Å². The van der Waals surface area contributed by atoms with Gasteiger partial charge in [0.15, 0.2) is 0 Å². The lowest BCUT2D eigenvalue weighted by molar-refractivity contribution is -0.390. The maximum absolute atomic E-state index is 13.7. The molecule has 48 heavy (non-hydrogen) atoms. The summed E-state index contributed by atoms with van der Waals surface area (Å²) in [5, 5.41) is 38.3. The van der Waals surface area contributed by atoms with Crippen LogP contribution in [0.2, 0.25) is 0 Å². The quantitative estimate of drug-likeness (QED) is 0.162. The van der Waals surface area contributed by atoms with E-state index in [1.807, 2.05) is 0 Å². The SMILES string of the molecule is Nc1c(C(O)(C(F)(F)F)C(F)(F)F)c(C(O)(C(F)(F)F)C(F)(F)F)c(N)c(C(O)(C(F)(F)F)C(F)(F)F)c1C(O)(C(F)(F)F)C(F)(F)F. The van der Waals surface area contributed by atoms with E-state index in [4.69, 9.17) is 0 Å². The van der Waals surface area contributed by atoms with Gasteiger partial charge >= 0.3 is 49.4 Å². The summed E-state index contributed by atoms with van der Waals surface area (Å²) in [5.41, 5.74) is -53.5. The number of hydrogen-bond donors (Lipinski definition) is 6. The molecule has 1 rings (SSSR count). The van der Waals surface area contributed by atoms with Gasteiger partial charge in [-0.2, -0.15) is 105 Å². The number of halogens is 24. The smallest absolute Gasteiger partial charge is 0.398 e. The first-order valence-electron chi connectivity index (χ1n) is 10.5. The standard InChI is InChI=1S/C18H8F24N2O4/c19-11(20,21)7(45,12(22,23)24)1-2(8(46,13(25,26)27)14(28,29)30)6(44)4(10(48,17(37,38)39)18(40,41)42)3(5(1)43)9(47,15(31,32)33)16(34,35)36/h45-48H,43-44H2. The minimum atomic E-state index is -8.20. The summed E-state index contributed by atoms with van der Waals surface area (Å²) in [4.78, 5) is 0. The van der Waals surface area contributed by atoms with Gasteiger partial charge in [-0.15, -0.1) is 0 Å². The van der Waals surface area contributed by atoms with Gasteiger partial charge in [0, 0.05) is 33.6 Å². The van der Waals surface area contributed by atoms with Gasteiger partial charge in [-0.1, -0.05) is 0 Å². The van der Waals surface area contributed by atoms with Crippen LogP contribution in [0.4, 0.5) is 117 Å². The molecule has 0 saturated heterocycles. The molecule has 0 aromatic heterocycles. The molecule has 0 atom stereocenters. The Morgan fingerprint density at radius 3 is 0.396 bits per heavy atom. The predicted octanol–water partition coefficient (Wildman–Crippen LogP) is 6.10. The van der Waals surface area contributed by atoms with Crippen molar-refractivity contribution < 1.29 is 126 Å². The molecular formula is C18H8F24N2O4. The van der Waals surface area contributed by atoms with Crippen LogP contribution < -0.4 is 11.5 Å². The Kier molecular flexibility index (Phi) is 9.62.